The van der Waals surface area contributed by atoms with Gasteiger partial charge >= 0.3 is 0 Å². The van der Waals surface area contributed by atoms with Crippen molar-refractivity contribution in [2.45, 2.75) is 58.8 Å². The molecule has 1 N–H and O–H groups in total. The second-order valence-corrected chi connectivity index (χ2v) is 8.18. The largest absolute Gasteiger partial charge is 0.504 e. The predicted octanol–water partition coefficient (Wildman–Crippen LogP) is 2.95. The first-order valence-corrected chi connectivity index (χ1v) is 8.15. The Morgan fingerprint density at radius 1 is 1.08 bits per heavy atom. The van der Waals surface area contributed by atoms with Gasteiger partial charge in [-0.15, -0.1) is 0 Å². The molecule has 0 aliphatic carbocycles. The third-order valence-corrected chi connectivity index (χ3v) is 3.84. The van der Waals surface area contributed by atoms with Crippen LogP contribution in [0.25, 0.3) is 6.08 Å². The number of nitrogens with zero attached hydrogens (tertiary/aromatic N) is 3. The summed E-state index contributed by atoms with van der Waals surface area (Å²) in [5.74, 6) is 0.390. The smallest absolute Gasteiger partial charge is 0.273 e. The monoisotopic (exact) mass is 333 g/mol. The van der Waals surface area contributed by atoms with Gasteiger partial charge in [-0.25, -0.2) is 15.0 Å². The first-order valence-electron chi connectivity index (χ1n) is 8.15. The predicted molar refractivity (Wildman–Crippen MR) is 92.4 cm³/mol. The Labute approximate surface area is 143 Å². The molecule has 6 heteroatoms. The molecule has 1 aromatic heterocycles. The van der Waals surface area contributed by atoms with Crippen molar-refractivity contribution in [2.75, 3.05) is 13.7 Å². The summed E-state index contributed by atoms with van der Waals surface area (Å²) in [5, 5.41) is 11.9. The topological polar surface area (TPSA) is 75.6 Å². The van der Waals surface area contributed by atoms with Crippen LogP contribution < -0.4 is 0 Å². The molecule has 1 aliphatic rings. The first kappa shape index (κ1) is 18.4. The molecule has 24 heavy (non-hydrogen) atoms. The Bertz CT molecular complexity index is 647. The lowest BCUT2D eigenvalue weighted by molar-refractivity contribution is -0.180. The van der Waals surface area contributed by atoms with E-state index in [2.05, 4.69) is 9.97 Å². The van der Waals surface area contributed by atoms with Crippen molar-refractivity contribution < 1.29 is 14.7 Å². The summed E-state index contributed by atoms with van der Waals surface area (Å²) in [6, 6.07) is 0. The number of hydrogen-bond acceptors (Lipinski definition) is 5. The van der Waals surface area contributed by atoms with E-state index in [1.165, 1.54) is 5.06 Å². The van der Waals surface area contributed by atoms with Crippen LogP contribution in [-0.2, 0) is 20.5 Å². The van der Waals surface area contributed by atoms with Crippen molar-refractivity contribution in [2.24, 2.45) is 0 Å². The van der Waals surface area contributed by atoms with Crippen LogP contribution in [0.1, 0.15) is 65.2 Å². The number of carbonyl (C=O) groups excluding carboxylic acids is 1. The fourth-order valence-corrected chi connectivity index (χ4v) is 2.53. The summed E-state index contributed by atoms with van der Waals surface area (Å²) < 4.78 is 0. The lowest BCUT2D eigenvalue weighted by atomic mass is 9.85. The van der Waals surface area contributed by atoms with Crippen molar-refractivity contribution in [3.63, 3.8) is 0 Å². The minimum Gasteiger partial charge on any atom is -0.504 e. The van der Waals surface area contributed by atoms with E-state index in [1.54, 1.807) is 13.1 Å². The molecule has 0 aromatic carbocycles. The van der Waals surface area contributed by atoms with Gasteiger partial charge in [0.25, 0.3) is 5.91 Å². The number of aromatic hydroxyl groups is 1. The number of hydrogen-bond donors (Lipinski definition) is 1. The molecule has 1 amide bonds. The fraction of sp³-hybridized carbons (Fsp3) is 0.611. The molecule has 1 aromatic rings. The van der Waals surface area contributed by atoms with Crippen LogP contribution in [-0.4, -0.2) is 39.7 Å². The highest BCUT2D eigenvalue weighted by Crippen LogP contribution is 2.36. The number of hydroxylamine groups is 2. The molecule has 1 fully saturated rings. The van der Waals surface area contributed by atoms with Crippen LogP contribution >= 0.6 is 0 Å². The van der Waals surface area contributed by atoms with Crippen molar-refractivity contribution in [1.82, 2.24) is 15.0 Å². The van der Waals surface area contributed by atoms with E-state index in [9.17, 15) is 9.90 Å². The Hall–Kier alpha value is -1.95. The van der Waals surface area contributed by atoms with E-state index >= 15 is 0 Å². The van der Waals surface area contributed by atoms with Crippen LogP contribution in [0.5, 0.6) is 5.75 Å². The Morgan fingerprint density at radius 2 is 1.58 bits per heavy atom. The van der Waals surface area contributed by atoms with Gasteiger partial charge in [-0.05, 0) is 6.08 Å². The van der Waals surface area contributed by atoms with Gasteiger partial charge in [-0.2, -0.15) is 0 Å². The summed E-state index contributed by atoms with van der Waals surface area (Å²) in [7, 11) is 1.59. The minimum atomic E-state index is -0.337. The van der Waals surface area contributed by atoms with Crippen molar-refractivity contribution in [3.8, 4) is 5.75 Å². The third-order valence-electron chi connectivity index (χ3n) is 3.84. The summed E-state index contributed by atoms with van der Waals surface area (Å²) in [6.07, 6.45) is 2.22. The van der Waals surface area contributed by atoms with Crippen molar-refractivity contribution >= 4 is 12.0 Å². The maximum atomic E-state index is 12.2. The van der Waals surface area contributed by atoms with Crippen LogP contribution in [0.15, 0.2) is 5.57 Å². The average molecular weight is 333 g/mol. The van der Waals surface area contributed by atoms with Gasteiger partial charge in [0.15, 0.2) is 11.6 Å². The summed E-state index contributed by atoms with van der Waals surface area (Å²) in [5.41, 5.74) is 1.10. The molecule has 0 radical (unpaired) electrons. The SMILES string of the molecule is CN1OCC/C(=C\c2nc(C(C)(C)C)c(O)c(C(C)(C)C)n2)C1=O. The average Bonchev–Trinajstić information content (AvgIpc) is 2.43. The molecular formula is C18H27N3O3. The van der Waals surface area contributed by atoms with Gasteiger partial charge in [0, 0.05) is 29.9 Å². The van der Waals surface area contributed by atoms with Gasteiger partial charge in [-0.3, -0.25) is 9.63 Å². The van der Waals surface area contributed by atoms with Gasteiger partial charge in [-0.1, -0.05) is 41.5 Å². The molecule has 2 rings (SSSR count). The normalized spacial score (nSPS) is 18.4. The van der Waals surface area contributed by atoms with Crippen LogP contribution in [0.4, 0.5) is 0 Å². The maximum Gasteiger partial charge on any atom is 0.273 e. The van der Waals surface area contributed by atoms with Crippen LogP contribution in [0, 0.1) is 0 Å². The standard InChI is InChI=1S/C18H27N3O3/c1-17(2,3)14-13(22)15(18(4,5)6)20-12(19-14)10-11-8-9-24-21(7)16(11)23/h10,22H,8-9H2,1-7H3/b11-10+. The number of aromatic nitrogens is 2. The lowest BCUT2D eigenvalue weighted by Gasteiger charge is -2.26. The Balaban J connectivity index is 2.61. The van der Waals surface area contributed by atoms with Crippen LogP contribution in [0.3, 0.4) is 0 Å². The quantitative estimate of drug-likeness (QED) is 0.800. The number of rotatable bonds is 1. The number of likely N-dealkylation sites (N-methyl/N-ethyl adjacent to an activating group) is 1. The van der Waals surface area contributed by atoms with Gasteiger partial charge in [0.05, 0.1) is 18.0 Å². The van der Waals surface area contributed by atoms with Gasteiger partial charge < -0.3 is 5.11 Å². The molecule has 0 atom stereocenters. The second kappa shape index (κ2) is 6.16. The first-order chi connectivity index (χ1) is 10.9. The minimum absolute atomic E-state index is 0.132. The lowest BCUT2D eigenvalue weighted by Crippen LogP contribution is -2.33. The van der Waals surface area contributed by atoms with E-state index in [0.29, 0.717) is 35.8 Å². The summed E-state index contributed by atoms with van der Waals surface area (Å²) in [4.78, 5) is 26.4. The Morgan fingerprint density at radius 3 is 2.04 bits per heavy atom. The number of amides is 1. The molecule has 1 saturated heterocycles. The van der Waals surface area contributed by atoms with E-state index < -0.39 is 0 Å². The number of carbonyl (C=O) groups is 1. The maximum absolute atomic E-state index is 12.2. The zero-order chi connectivity index (χ0) is 18.3. The van der Waals surface area contributed by atoms with E-state index in [-0.39, 0.29) is 22.5 Å². The van der Waals surface area contributed by atoms with Crippen molar-refractivity contribution in [3.05, 3.63) is 22.8 Å². The molecule has 0 bridgehead atoms. The zero-order valence-corrected chi connectivity index (χ0v) is 15.6. The van der Waals surface area contributed by atoms with Crippen LogP contribution in [0.2, 0.25) is 0 Å². The van der Waals surface area contributed by atoms with Gasteiger partial charge in [0.2, 0.25) is 0 Å². The molecule has 2 heterocycles. The summed E-state index contributed by atoms with van der Waals surface area (Å²) >= 11 is 0. The molecular weight excluding hydrogens is 306 g/mol. The molecule has 1 aliphatic heterocycles. The highest BCUT2D eigenvalue weighted by molar-refractivity contribution is 5.97. The van der Waals surface area contributed by atoms with Gasteiger partial charge in [0.1, 0.15) is 0 Å². The molecule has 0 unspecified atom stereocenters. The molecule has 0 saturated carbocycles. The van der Waals surface area contributed by atoms with E-state index in [0.717, 1.165) is 0 Å². The van der Waals surface area contributed by atoms with E-state index in [1.807, 2.05) is 41.5 Å². The molecule has 0 spiro atoms. The fourth-order valence-electron chi connectivity index (χ4n) is 2.53. The highest BCUT2D eigenvalue weighted by Gasteiger charge is 2.29. The van der Waals surface area contributed by atoms with E-state index in [4.69, 9.17) is 4.84 Å². The van der Waals surface area contributed by atoms with Crippen molar-refractivity contribution in [1.29, 1.82) is 0 Å². The summed E-state index contributed by atoms with van der Waals surface area (Å²) in [6.45, 7) is 12.4. The molecule has 132 valence electrons. The zero-order valence-electron chi connectivity index (χ0n) is 15.6. The third kappa shape index (κ3) is 3.75. The second-order valence-electron chi connectivity index (χ2n) is 8.18. The highest BCUT2D eigenvalue weighted by atomic mass is 16.7. The Kier molecular flexibility index (Phi) is 4.72. The molecule has 6 nitrogen and oxygen atoms in total.